The first-order valence-electron chi connectivity index (χ1n) is 9.06. The Kier molecular flexibility index (Phi) is 8.28. The normalized spacial score (nSPS) is 10.9. The molecule has 0 aliphatic rings. The number of nitrogens with one attached hydrogen (secondary N) is 2. The Hall–Kier alpha value is -2.57. The van der Waals surface area contributed by atoms with Gasteiger partial charge in [0.1, 0.15) is 5.60 Å². The minimum Gasteiger partial charge on any atom is -0.444 e. The molecule has 0 aromatic heterocycles. The average Bonchev–Trinajstić information content (AvgIpc) is 2.53. The number of amides is 3. The quantitative estimate of drug-likeness (QED) is 0.715. The van der Waals surface area contributed by atoms with E-state index in [2.05, 4.69) is 10.6 Å². The number of aryl methyl sites for hydroxylation is 2. The summed E-state index contributed by atoms with van der Waals surface area (Å²) >= 11 is 0. The summed E-state index contributed by atoms with van der Waals surface area (Å²) in [4.78, 5) is 37.2. The molecule has 0 fully saturated rings. The number of anilines is 1. The maximum absolute atomic E-state index is 12.2. The SMILES string of the molecule is Cc1ccc(C)c(NC(=O)CN(C)C(=O)CCCNC(=O)OC(C)(C)C)c1. The molecule has 1 aromatic rings. The second kappa shape index (κ2) is 9.94. The Balaban J connectivity index is 2.34. The van der Waals surface area contributed by atoms with Crippen molar-refractivity contribution in [3.05, 3.63) is 29.3 Å². The number of alkyl carbamates (subject to hydrolysis) is 1. The highest BCUT2D eigenvalue weighted by Gasteiger charge is 2.16. The van der Waals surface area contributed by atoms with Crippen LogP contribution in [0.25, 0.3) is 0 Å². The summed E-state index contributed by atoms with van der Waals surface area (Å²) in [5.41, 5.74) is 2.22. The summed E-state index contributed by atoms with van der Waals surface area (Å²) in [5, 5.41) is 5.44. The number of ether oxygens (including phenoxy) is 1. The second-order valence-corrected chi connectivity index (χ2v) is 7.65. The Morgan fingerprint density at radius 2 is 1.81 bits per heavy atom. The molecule has 0 unspecified atom stereocenters. The minimum atomic E-state index is -0.552. The molecule has 0 saturated carbocycles. The lowest BCUT2D eigenvalue weighted by Crippen LogP contribution is -2.36. The number of likely N-dealkylation sites (N-methyl/N-ethyl adjacent to an activating group) is 1. The summed E-state index contributed by atoms with van der Waals surface area (Å²) in [6, 6.07) is 5.82. The van der Waals surface area contributed by atoms with Crippen molar-refractivity contribution in [2.75, 3.05) is 25.5 Å². The van der Waals surface area contributed by atoms with E-state index in [4.69, 9.17) is 4.74 Å². The number of hydrogen-bond acceptors (Lipinski definition) is 4. The van der Waals surface area contributed by atoms with Crippen LogP contribution in [-0.2, 0) is 14.3 Å². The van der Waals surface area contributed by atoms with Gasteiger partial charge in [-0.05, 0) is 58.2 Å². The third-order valence-corrected chi connectivity index (χ3v) is 3.71. The van der Waals surface area contributed by atoms with E-state index in [-0.39, 0.29) is 24.8 Å². The third kappa shape index (κ3) is 9.08. The van der Waals surface area contributed by atoms with Gasteiger partial charge < -0.3 is 20.3 Å². The maximum atomic E-state index is 12.2. The van der Waals surface area contributed by atoms with E-state index in [1.54, 1.807) is 27.8 Å². The van der Waals surface area contributed by atoms with Crippen LogP contribution < -0.4 is 10.6 Å². The van der Waals surface area contributed by atoms with Crippen molar-refractivity contribution in [3.8, 4) is 0 Å². The van der Waals surface area contributed by atoms with Crippen LogP contribution >= 0.6 is 0 Å². The van der Waals surface area contributed by atoms with Gasteiger partial charge in [-0.3, -0.25) is 9.59 Å². The topological polar surface area (TPSA) is 87.7 Å². The van der Waals surface area contributed by atoms with Gasteiger partial charge in [0.25, 0.3) is 0 Å². The first-order valence-corrected chi connectivity index (χ1v) is 9.06. The number of hydrogen-bond donors (Lipinski definition) is 2. The zero-order valence-electron chi connectivity index (χ0n) is 17.1. The van der Waals surface area contributed by atoms with Crippen molar-refractivity contribution in [1.82, 2.24) is 10.2 Å². The van der Waals surface area contributed by atoms with Crippen LogP contribution in [0, 0.1) is 13.8 Å². The monoisotopic (exact) mass is 377 g/mol. The molecule has 7 nitrogen and oxygen atoms in total. The Morgan fingerprint density at radius 3 is 2.44 bits per heavy atom. The highest BCUT2D eigenvalue weighted by Crippen LogP contribution is 2.16. The van der Waals surface area contributed by atoms with Gasteiger partial charge >= 0.3 is 6.09 Å². The number of rotatable bonds is 7. The summed E-state index contributed by atoms with van der Waals surface area (Å²) in [5.74, 6) is -0.400. The van der Waals surface area contributed by atoms with Gasteiger partial charge in [0.2, 0.25) is 11.8 Å². The highest BCUT2D eigenvalue weighted by atomic mass is 16.6. The largest absolute Gasteiger partial charge is 0.444 e. The molecule has 150 valence electrons. The van der Waals surface area contributed by atoms with Gasteiger partial charge in [0.15, 0.2) is 0 Å². The number of benzene rings is 1. The molecule has 1 aromatic carbocycles. The van der Waals surface area contributed by atoms with Crippen molar-refractivity contribution in [2.24, 2.45) is 0 Å². The van der Waals surface area contributed by atoms with E-state index in [0.29, 0.717) is 13.0 Å². The van der Waals surface area contributed by atoms with Crippen molar-refractivity contribution >= 4 is 23.6 Å². The molecule has 0 heterocycles. The molecule has 1 rings (SSSR count). The molecule has 0 spiro atoms. The lowest BCUT2D eigenvalue weighted by molar-refractivity contribution is -0.133. The van der Waals surface area contributed by atoms with Crippen molar-refractivity contribution < 1.29 is 19.1 Å². The predicted octanol–water partition coefficient (Wildman–Crippen LogP) is 3.01. The fourth-order valence-electron chi connectivity index (χ4n) is 2.30. The van der Waals surface area contributed by atoms with E-state index in [9.17, 15) is 14.4 Å². The molecular formula is C20H31N3O4. The predicted molar refractivity (Wildman–Crippen MR) is 106 cm³/mol. The Labute approximate surface area is 161 Å². The van der Waals surface area contributed by atoms with Crippen LogP contribution in [0.4, 0.5) is 10.5 Å². The fraction of sp³-hybridized carbons (Fsp3) is 0.550. The third-order valence-electron chi connectivity index (χ3n) is 3.71. The van der Waals surface area contributed by atoms with Crippen molar-refractivity contribution in [2.45, 2.75) is 53.1 Å². The number of carbonyl (C=O) groups is 3. The van der Waals surface area contributed by atoms with Gasteiger partial charge in [0.05, 0.1) is 6.54 Å². The molecule has 3 amide bonds. The molecule has 27 heavy (non-hydrogen) atoms. The molecule has 0 bridgehead atoms. The standard InChI is InChI=1S/C20H31N3O4/c1-14-9-10-15(2)16(12-14)22-17(24)13-23(6)18(25)8-7-11-21-19(26)27-20(3,4)5/h9-10,12H,7-8,11,13H2,1-6H3,(H,21,26)(H,22,24). The van der Waals surface area contributed by atoms with E-state index in [1.165, 1.54) is 4.90 Å². The van der Waals surface area contributed by atoms with Crippen LogP contribution in [0.5, 0.6) is 0 Å². The first kappa shape index (κ1) is 22.5. The lowest BCUT2D eigenvalue weighted by Gasteiger charge is -2.20. The summed E-state index contributed by atoms with van der Waals surface area (Å²) in [7, 11) is 1.59. The fourth-order valence-corrected chi connectivity index (χ4v) is 2.30. The molecule has 0 saturated heterocycles. The highest BCUT2D eigenvalue weighted by molar-refractivity contribution is 5.95. The van der Waals surface area contributed by atoms with Gasteiger partial charge in [-0.2, -0.15) is 0 Å². The Morgan fingerprint density at radius 1 is 1.15 bits per heavy atom. The molecule has 0 aliphatic carbocycles. The first-order chi connectivity index (χ1) is 12.5. The molecular weight excluding hydrogens is 346 g/mol. The summed E-state index contributed by atoms with van der Waals surface area (Å²) in [6.07, 6.45) is 0.209. The van der Waals surface area contributed by atoms with E-state index >= 15 is 0 Å². The van der Waals surface area contributed by atoms with Crippen LogP contribution in [0.1, 0.15) is 44.7 Å². The maximum Gasteiger partial charge on any atom is 0.407 e. The summed E-state index contributed by atoms with van der Waals surface area (Å²) in [6.45, 7) is 9.55. The van der Waals surface area contributed by atoms with Crippen LogP contribution in [0.2, 0.25) is 0 Å². The zero-order valence-corrected chi connectivity index (χ0v) is 17.1. The van der Waals surface area contributed by atoms with Gasteiger partial charge in [-0.15, -0.1) is 0 Å². The van der Waals surface area contributed by atoms with Gasteiger partial charge in [-0.1, -0.05) is 12.1 Å². The van der Waals surface area contributed by atoms with E-state index in [1.807, 2.05) is 32.0 Å². The number of nitrogens with zero attached hydrogens (tertiary/aromatic N) is 1. The minimum absolute atomic E-state index is 0.0221. The molecule has 0 atom stereocenters. The van der Waals surface area contributed by atoms with Crippen LogP contribution in [-0.4, -0.2) is 48.5 Å². The lowest BCUT2D eigenvalue weighted by atomic mass is 10.1. The molecule has 7 heteroatoms. The smallest absolute Gasteiger partial charge is 0.407 e. The number of carbonyl (C=O) groups excluding carboxylic acids is 3. The van der Waals surface area contributed by atoms with Crippen LogP contribution in [0.3, 0.4) is 0 Å². The van der Waals surface area contributed by atoms with Gasteiger partial charge in [0, 0.05) is 25.7 Å². The van der Waals surface area contributed by atoms with E-state index in [0.717, 1.165) is 16.8 Å². The molecule has 2 N–H and O–H groups in total. The van der Waals surface area contributed by atoms with Crippen molar-refractivity contribution in [3.63, 3.8) is 0 Å². The van der Waals surface area contributed by atoms with E-state index < -0.39 is 11.7 Å². The average molecular weight is 377 g/mol. The van der Waals surface area contributed by atoms with Gasteiger partial charge in [-0.25, -0.2) is 4.79 Å². The molecule has 0 radical (unpaired) electrons. The Bertz CT molecular complexity index is 680. The second-order valence-electron chi connectivity index (χ2n) is 7.65. The summed E-state index contributed by atoms with van der Waals surface area (Å²) < 4.78 is 5.12. The van der Waals surface area contributed by atoms with Crippen molar-refractivity contribution in [1.29, 1.82) is 0 Å². The molecule has 0 aliphatic heterocycles. The van der Waals surface area contributed by atoms with Crippen LogP contribution in [0.15, 0.2) is 18.2 Å². The zero-order chi connectivity index (χ0) is 20.6.